The first-order chi connectivity index (χ1) is 9.35. The highest BCUT2D eigenvalue weighted by Gasteiger charge is 2.71. The van der Waals surface area contributed by atoms with Crippen LogP contribution in [-0.2, 0) is 4.79 Å². The second-order valence-electron chi connectivity index (χ2n) is 5.86. The van der Waals surface area contributed by atoms with Crippen LogP contribution in [0.5, 0.6) is 0 Å². The molecule has 1 saturated carbocycles. The summed E-state index contributed by atoms with van der Waals surface area (Å²) < 4.78 is 0. The number of nitriles is 1. The number of rotatable bonds is 1. The third kappa shape index (κ3) is 1.48. The van der Waals surface area contributed by atoms with E-state index in [1.807, 2.05) is 13.0 Å². The van der Waals surface area contributed by atoms with E-state index < -0.39 is 11.0 Å². The molecule has 3 rings (SSSR count). The Kier molecular flexibility index (Phi) is 2.66. The summed E-state index contributed by atoms with van der Waals surface area (Å²) in [7, 11) is 0. The Bertz CT molecular complexity index is 644. The van der Waals surface area contributed by atoms with Crippen molar-refractivity contribution in [2.75, 3.05) is 4.90 Å². The minimum absolute atomic E-state index is 0.0456. The van der Waals surface area contributed by atoms with E-state index in [-0.39, 0.29) is 11.9 Å². The predicted molar refractivity (Wildman–Crippen MR) is 75.4 cm³/mol. The zero-order chi connectivity index (χ0) is 14.7. The van der Waals surface area contributed by atoms with Crippen LogP contribution in [0.1, 0.15) is 32.3 Å². The minimum atomic E-state index is -1.04. The summed E-state index contributed by atoms with van der Waals surface area (Å²) in [5, 5.41) is 19.9. The first-order valence-corrected chi connectivity index (χ1v) is 6.98. The summed E-state index contributed by atoms with van der Waals surface area (Å²) in [4.78, 5) is 14.3. The highest BCUT2D eigenvalue weighted by molar-refractivity contribution is 6.32. The molecule has 5 heteroatoms. The molecule has 0 radical (unpaired) electrons. The molecule has 1 N–H and O–H groups in total. The van der Waals surface area contributed by atoms with E-state index in [0.717, 1.165) is 12.8 Å². The number of carbonyl (C=O) groups excluding carboxylic acids is 1. The number of hydrogen-bond acceptors (Lipinski definition) is 3. The molecule has 1 heterocycles. The predicted octanol–water partition coefficient (Wildman–Crippen LogP) is 2.48. The fourth-order valence-electron chi connectivity index (χ4n) is 3.20. The molecule has 1 spiro atoms. The van der Waals surface area contributed by atoms with Gasteiger partial charge in [0.25, 0.3) is 0 Å². The monoisotopic (exact) mass is 290 g/mol. The molecular formula is C15H15ClN2O2. The largest absolute Gasteiger partial charge is 0.387 e. The number of anilines is 1. The Labute approximate surface area is 122 Å². The molecular weight excluding hydrogens is 276 g/mol. The molecule has 20 heavy (non-hydrogen) atoms. The van der Waals surface area contributed by atoms with Gasteiger partial charge in [-0.3, -0.25) is 4.79 Å². The molecule has 1 aromatic rings. The quantitative estimate of drug-likeness (QED) is 0.864. The lowest BCUT2D eigenvalue weighted by Gasteiger charge is -2.29. The van der Waals surface area contributed by atoms with Crippen LogP contribution in [-0.4, -0.2) is 22.7 Å². The van der Waals surface area contributed by atoms with Crippen LogP contribution in [0.4, 0.5) is 5.69 Å². The number of benzene rings is 1. The standard InChI is InChI=1S/C15H15ClN2O2/c1-9-14(2,20)15(5-6-15)13(19)18(9)11-4-3-10(8-17)12(16)7-11/h3-4,7,9,20H,5-6H2,1-2H3. The van der Waals surface area contributed by atoms with Crippen molar-refractivity contribution in [1.29, 1.82) is 5.26 Å². The molecule has 1 saturated heterocycles. The van der Waals surface area contributed by atoms with E-state index in [2.05, 4.69) is 0 Å². The van der Waals surface area contributed by atoms with Crippen molar-refractivity contribution >= 4 is 23.2 Å². The average Bonchev–Trinajstić information content (AvgIpc) is 3.18. The highest BCUT2D eigenvalue weighted by atomic mass is 35.5. The van der Waals surface area contributed by atoms with Crippen LogP contribution in [0.3, 0.4) is 0 Å². The van der Waals surface area contributed by atoms with E-state index in [4.69, 9.17) is 16.9 Å². The van der Waals surface area contributed by atoms with Crippen molar-refractivity contribution in [3.05, 3.63) is 28.8 Å². The number of aliphatic hydroxyl groups is 1. The number of amides is 1. The first kappa shape index (κ1) is 13.4. The average molecular weight is 291 g/mol. The number of nitrogens with zero attached hydrogens (tertiary/aromatic N) is 2. The molecule has 2 aliphatic rings. The molecule has 2 unspecified atom stereocenters. The number of halogens is 1. The molecule has 0 aromatic heterocycles. The van der Waals surface area contributed by atoms with Crippen LogP contribution in [0, 0.1) is 16.7 Å². The summed E-state index contributed by atoms with van der Waals surface area (Å²) in [5.74, 6) is -0.0456. The first-order valence-electron chi connectivity index (χ1n) is 6.61. The fourth-order valence-corrected chi connectivity index (χ4v) is 3.42. The van der Waals surface area contributed by atoms with Crippen molar-refractivity contribution < 1.29 is 9.90 Å². The van der Waals surface area contributed by atoms with Crippen molar-refractivity contribution in [2.24, 2.45) is 5.41 Å². The van der Waals surface area contributed by atoms with E-state index in [9.17, 15) is 9.90 Å². The van der Waals surface area contributed by atoms with Gasteiger partial charge in [0.1, 0.15) is 6.07 Å². The van der Waals surface area contributed by atoms with Gasteiger partial charge in [-0.1, -0.05) is 11.6 Å². The highest BCUT2D eigenvalue weighted by Crippen LogP contribution is 2.61. The maximum Gasteiger partial charge on any atom is 0.236 e. The maximum absolute atomic E-state index is 12.6. The van der Waals surface area contributed by atoms with Crippen LogP contribution in [0.2, 0.25) is 5.02 Å². The number of carbonyl (C=O) groups is 1. The van der Waals surface area contributed by atoms with E-state index in [1.54, 1.807) is 30.0 Å². The van der Waals surface area contributed by atoms with Crippen molar-refractivity contribution in [3.63, 3.8) is 0 Å². The van der Waals surface area contributed by atoms with Crippen molar-refractivity contribution in [2.45, 2.75) is 38.3 Å². The topological polar surface area (TPSA) is 64.3 Å². The Morgan fingerprint density at radius 1 is 1.50 bits per heavy atom. The normalized spacial score (nSPS) is 30.6. The Balaban J connectivity index is 2.05. The molecule has 2 atom stereocenters. The maximum atomic E-state index is 12.6. The SMILES string of the molecule is CC1N(c2ccc(C#N)c(Cl)c2)C(=O)C2(CC2)C1(C)O. The summed E-state index contributed by atoms with van der Waals surface area (Å²) in [6.07, 6.45) is 1.45. The van der Waals surface area contributed by atoms with Crippen LogP contribution in [0.25, 0.3) is 0 Å². The van der Waals surface area contributed by atoms with Crippen LogP contribution in [0.15, 0.2) is 18.2 Å². The smallest absolute Gasteiger partial charge is 0.236 e. The lowest BCUT2D eigenvalue weighted by Crippen LogP contribution is -2.43. The Morgan fingerprint density at radius 3 is 2.60 bits per heavy atom. The fraction of sp³-hybridized carbons (Fsp3) is 0.467. The summed E-state index contributed by atoms with van der Waals surface area (Å²) >= 11 is 6.04. The summed E-state index contributed by atoms with van der Waals surface area (Å²) in [5.41, 5.74) is -0.657. The van der Waals surface area contributed by atoms with Crippen molar-refractivity contribution in [1.82, 2.24) is 0 Å². The van der Waals surface area contributed by atoms with Gasteiger partial charge in [-0.25, -0.2) is 0 Å². The molecule has 1 aliphatic heterocycles. The van der Waals surface area contributed by atoms with E-state index >= 15 is 0 Å². The summed E-state index contributed by atoms with van der Waals surface area (Å²) in [6, 6.07) is 6.60. The van der Waals surface area contributed by atoms with Gasteiger partial charge in [-0.05, 0) is 44.9 Å². The van der Waals surface area contributed by atoms with Crippen molar-refractivity contribution in [3.8, 4) is 6.07 Å². The van der Waals surface area contributed by atoms with E-state index in [1.165, 1.54) is 0 Å². The van der Waals surface area contributed by atoms with Crippen LogP contribution >= 0.6 is 11.6 Å². The molecule has 104 valence electrons. The van der Waals surface area contributed by atoms with Gasteiger partial charge in [-0.2, -0.15) is 5.26 Å². The molecule has 4 nitrogen and oxygen atoms in total. The van der Waals surface area contributed by atoms with Gasteiger partial charge < -0.3 is 10.0 Å². The van der Waals surface area contributed by atoms with Gasteiger partial charge in [-0.15, -0.1) is 0 Å². The van der Waals surface area contributed by atoms with Gasteiger partial charge in [0, 0.05) is 5.69 Å². The Hall–Kier alpha value is -1.57. The molecule has 1 aliphatic carbocycles. The molecule has 1 amide bonds. The summed E-state index contributed by atoms with van der Waals surface area (Å²) in [6.45, 7) is 3.57. The molecule has 2 fully saturated rings. The zero-order valence-corrected chi connectivity index (χ0v) is 12.1. The lowest BCUT2D eigenvalue weighted by molar-refractivity contribution is -0.126. The third-order valence-corrected chi connectivity index (χ3v) is 5.21. The molecule has 0 bridgehead atoms. The van der Waals surface area contributed by atoms with Crippen LogP contribution < -0.4 is 4.90 Å². The second kappa shape index (κ2) is 3.97. The third-order valence-electron chi connectivity index (χ3n) is 4.90. The molecule has 1 aromatic carbocycles. The second-order valence-corrected chi connectivity index (χ2v) is 6.26. The lowest BCUT2D eigenvalue weighted by atomic mass is 9.85. The zero-order valence-electron chi connectivity index (χ0n) is 11.4. The minimum Gasteiger partial charge on any atom is -0.387 e. The number of hydrogen-bond donors (Lipinski definition) is 1. The van der Waals surface area contributed by atoms with E-state index in [0.29, 0.717) is 16.3 Å². The van der Waals surface area contributed by atoms with Gasteiger partial charge in [0.2, 0.25) is 5.91 Å². The van der Waals surface area contributed by atoms with Gasteiger partial charge in [0.05, 0.1) is 27.6 Å². The van der Waals surface area contributed by atoms with Gasteiger partial charge >= 0.3 is 0 Å². The Morgan fingerprint density at radius 2 is 2.15 bits per heavy atom. The van der Waals surface area contributed by atoms with Gasteiger partial charge in [0.15, 0.2) is 0 Å².